The molecule has 3 amide bonds. The molecule has 0 rings (SSSR count). The molecule has 0 aliphatic carbocycles. The Labute approximate surface area is 574 Å². The first-order chi connectivity index (χ1) is 43.1. The topological polar surface area (TPSA) is 329 Å². The molecule has 0 heterocycles. The van der Waals surface area contributed by atoms with E-state index in [2.05, 4.69) is 10.6 Å². The van der Waals surface area contributed by atoms with Crippen LogP contribution >= 0.6 is 0 Å². The third-order valence-electron chi connectivity index (χ3n) is 14.5. The molecule has 1 atom stereocenters. The van der Waals surface area contributed by atoms with Gasteiger partial charge in [0.2, 0.25) is 11.8 Å². The lowest BCUT2D eigenvalue weighted by molar-refractivity contribution is -0.853. The fraction of sp³-hybridized carbons (Fsp3) is 0.833. The number of rotatable bonds is 38. The number of quaternary nitrogens is 1. The summed E-state index contributed by atoms with van der Waals surface area (Å²) in [6, 6.07) is 0. The lowest BCUT2D eigenvalue weighted by Gasteiger charge is -2.38. The van der Waals surface area contributed by atoms with Gasteiger partial charge in [0.1, 0.15) is 50.6 Å². The number of hydrogen-bond donors (Lipinski definition) is 3. The van der Waals surface area contributed by atoms with Crippen molar-refractivity contribution in [3.05, 3.63) is 0 Å². The molecule has 554 valence electrons. The number of carbonyl (C=O) groups excluding carboxylic acids is 12. The van der Waals surface area contributed by atoms with E-state index in [0.29, 0.717) is 0 Å². The normalized spacial score (nSPS) is 13.6. The standard InChI is InChI=1S/C72H126N4O20/c1-50(77)26-41-71(42-30-54(81)89-62(2,3)4,43-31-55(82)90-63(5,6)7)74-51(78)27-38-70(73,40-29-53(80)76(47-35-59(86)94-67(17,18)19,48-36-60(87)95-68(20,21)22)49-37-61(88)96-69(23,24)25)39-28-52(79)75-72(44-32-56(83)91-64(8,9)10,45-33-57(84)92-65(11,12)13)46-34-58(85)93-66(14,15)16/h26-49,73H2,1-25H3,(H-,74,75,78,79)/p+1. The van der Waals surface area contributed by atoms with Gasteiger partial charge >= 0.3 is 53.7 Å². The third-order valence-corrected chi connectivity index (χ3v) is 14.5. The Kier molecular flexibility index (Phi) is 34.9. The summed E-state index contributed by atoms with van der Waals surface area (Å²) in [5.74, 6) is -7.07. The number of esters is 8. The molecule has 0 aliphatic rings. The Morgan fingerprint density at radius 1 is 0.271 bits per heavy atom. The van der Waals surface area contributed by atoms with Crippen LogP contribution in [0.4, 0.5) is 0 Å². The lowest BCUT2D eigenvalue weighted by Crippen LogP contribution is -2.57. The number of hydrogen-bond acceptors (Lipinski definition) is 21. The molecule has 0 aromatic heterocycles. The van der Waals surface area contributed by atoms with Crippen molar-refractivity contribution in [2.45, 2.75) is 369 Å². The van der Waals surface area contributed by atoms with Crippen LogP contribution in [0.25, 0.3) is 0 Å². The van der Waals surface area contributed by atoms with Crippen LogP contribution in [0, 0.1) is 0 Å². The second kappa shape index (κ2) is 37.2. The first-order valence-electron chi connectivity index (χ1n) is 34.1. The van der Waals surface area contributed by atoms with E-state index in [1.54, 1.807) is 166 Å². The summed E-state index contributed by atoms with van der Waals surface area (Å²) in [5.41, 5.74) is -4.10. The number of amides is 3. The summed E-state index contributed by atoms with van der Waals surface area (Å²) in [6.45, 7) is 41.3. The Balaban J connectivity index is 8.45. The van der Waals surface area contributed by atoms with Crippen molar-refractivity contribution in [1.82, 2.24) is 10.6 Å². The van der Waals surface area contributed by atoms with E-state index in [4.69, 9.17) is 43.6 Å². The molecule has 0 saturated heterocycles. The molecular weight excluding hydrogens is 1240 g/mol. The van der Waals surface area contributed by atoms with Gasteiger partial charge < -0.3 is 59.1 Å². The Bertz CT molecular complexity index is 2440. The van der Waals surface area contributed by atoms with Gasteiger partial charge in [-0.1, -0.05) is 0 Å². The molecule has 0 aromatic rings. The Morgan fingerprint density at radius 3 is 0.656 bits per heavy atom. The zero-order valence-electron chi connectivity index (χ0n) is 63.7. The first-order valence-corrected chi connectivity index (χ1v) is 34.1. The molecule has 4 N–H and O–H groups in total. The minimum Gasteiger partial charge on any atom is -0.460 e. The van der Waals surface area contributed by atoms with Crippen molar-refractivity contribution in [3.8, 4) is 0 Å². The van der Waals surface area contributed by atoms with Gasteiger partial charge in [-0.05, 0) is 231 Å². The van der Waals surface area contributed by atoms with Gasteiger partial charge in [-0.25, -0.2) is 4.79 Å². The summed E-state index contributed by atoms with van der Waals surface area (Å²) in [6.07, 6.45) is -4.54. The minimum atomic E-state index is -1.62. The van der Waals surface area contributed by atoms with Crippen molar-refractivity contribution in [2.24, 2.45) is 5.73 Å². The van der Waals surface area contributed by atoms with Crippen LogP contribution in [0.5, 0.6) is 0 Å². The number of Topliss-reactive ketones (excluding diaryl/α,β-unsaturated/α-hetero) is 1. The van der Waals surface area contributed by atoms with E-state index in [-0.39, 0.29) is 147 Å². The fourth-order valence-electron chi connectivity index (χ4n) is 10.4. The lowest BCUT2D eigenvalue weighted by atomic mass is 9.81. The van der Waals surface area contributed by atoms with E-state index in [1.165, 1.54) is 6.92 Å². The van der Waals surface area contributed by atoms with E-state index in [1.807, 2.05) is 0 Å². The van der Waals surface area contributed by atoms with Crippen LogP contribution in [0.15, 0.2) is 0 Å². The number of nitrogens with zero attached hydrogens (tertiary/aromatic N) is 1. The number of nitrogens with one attached hydrogen (secondary N) is 2. The largest absolute Gasteiger partial charge is 0.460 e. The summed E-state index contributed by atoms with van der Waals surface area (Å²) in [5, 5.41) is 6.13. The predicted molar refractivity (Wildman–Crippen MR) is 363 cm³/mol. The molecule has 0 aliphatic heterocycles. The van der Waals surface area contributed by atoms with Crippen LogP contribution in [-0.2, 0) is 95.4 Å². The van der Waals surface area contributed by atoms with E-state index in [9.17, 15) is 52.7 Å². The van der Waals surface area contributed by atoms with Gasteiger partial charge in [-0.2, -0.15) is 0 Å². The quantitative estimate of drug-likeness (QED) is 0.0294. The molecule has 1 unspecified atom stereocenters. The summed E-state index contributed by atoms with van der Waals surface area (Å²) in [4.78, 5) is 166. The molecule has 0 aromatic carbocycles. The molecule has 96 heavy (non-hydrogen) atoms. The molecular formula is C72H127N4O20+. The van der Waals surface area contributed by atoms with Crippen molar-refractivity contribution < 1.29 is 99.9 Å². The maximum atomic E-state index is 15.5. The molecule has 0 saturated carbocycles. The third kappa shape index (κ3) is 44.7. The van der Waals surface area contributed by atoms with Gasteiger partial charge in [0, 0.05) is 68.0 Å². The van der Waals surface area contributed by atoms with Gasteiger partial charge in [0.25, 0.3) is 0 Å². The van der Waals surface area contributed by atoms with Crippen molar-refractivity contribution >= 4 is 71.3 Å². The first kappa shape index (κ1) is 90.0. The van der Waals surface area contributed by atoms with Crippen LogP contribution in [0.1, 0.15) is 308 Å². The minimum absolute atomic E-state index is 0.00945. The number of ether oxygens (including phenoxy) is 8. The van der Waals surface area contributed by atoms with Crippen molar-refractivity contribution in [3.63, 3.8) is 0 Å². The molecule has 24 nitrogen and oxygen atoms in total. The zero-order chi connectivity index (χ0) is 75.0. The van der Waals surface area contributed by atoms with Crippen LogP contribution in [0.2, 0.25) is 0 Å². The molecule has 0 bridgehead atoms. The fourth-order valence-corrected chi connectivity index (χ4v) is 10.4. The number of nitrogens with two attached hydrogens (primary N) is 1. The van der Waals surface area contributed by atoms with E-state index < -0.39 is 144 Å². The van der Waals surface area contributed by atoms with Crippen LogP contribution in [-0.4, -0.2) is 157 Å². The monoisotopic (exact) mass is 1370 g/mol. The average molecular weight is 1370 g/mol. The maximum Gasteiger partial charge on any atom is 0.313 e. The summed E-state index contributed by atoms with van der Waals surface area (Å²) >= 11 is 0. The smallest absolute Gasteiger partial charge is 0.313 e. The van der Waals surface area contributed by atoms with Crippen LogP contribution < -0.4 is 16.4 Å². The summed E-state index contributed by atoms with van der Waals surface area (Å²) in [7, 11) is 0. The highest BCUT2D eigenvalue weighted by atomic mass is 16.6. The maximum absolute atomic E-state index is 15.5. The van der Waals surface area contributed by atoms with E-state index in [0.717, 1.165) is 0 Å². The second-order valence-electron chi connectivity index (χ2n) is 33.9. The van der Waals surface area contributed by atoms with Gasteiger partial charge in [0.15, 0.2) is 0 Å². The summed E-state index contributed by atoms with van der Waals surface area (Å²) < 4.78 is 44.7. The highest BCUT2D eigenvalue weighted by Gasteiger charge is 2.43. The van der Waals surface area contributed by atoms with E-state index >= 15 is 4.79 Å². The molecule has 0 radical (unpaired) electrons. The number of ketones is 1. The van der Waals surface area contributed by atoms with Crippen molar-refractivity contribution in [2.75, 3.05) is 19.6 Å². The molecule has 0 fully saturated rings. The SMILES string of the molecule is CC(=O)CCC(CCC(=O)OC(C)(C)C)(CCC(=O)OC(C)(C)C)NC(=O)CCC(N)(CCC(=O)NC(CCC(=O)OC(C)(C)C)(CCC(=O)OC(C)(C)C)CCC(=O)OC(C)(C)C)CCC(=O)[N+](CCC(=O)OC(C)(C)C)(CCC(=O)OC(C)(C)C)CCC(=O)OC(C)(C)C. The molecule has 0 spiro atoms. The predicted octanol–water partition coefficient (Wildman–Crippen LogP) is 11.3. The van der Waals surface area contributed by atoms with Crippen molar-refractivity contribution in [1.29, 1.82) is 0 Å². The van der Waals surface area contributed by atoms with Gasteiger partial charge in [-0.3, -0.25) is 52.4 Å². The molecule has 24 heteroatoms. The number of carbonyl (C=O) groups is 12. The second-order valence-corrected chi connectivity index (χ2v) is 33.9. The average Bonchev–Trinajstić information content (AvgIpc) is 0.829. The highest BCUT2D eigenvalue weighted by Crippen LogP contribution is 2.33. The highest BCUT2D eigenvalue weighted by molar-refractivity contribution is 5.80. The Morgan fingerprint density at radius 2 is 0.458 bits per heavy atom. The van der Waals surface area contributed by atoms with Gasteiger partial charge in [-0.15, -0.1) is 0 Å². The zero-order valence-corrected chi connectivity index (χ0v) is 63.7. The van der Waals surface area contributed by atoms with Crippen LogP contribution in [0.3, 0.4) is 0 Å². The Hall–Kier alpha value is -6.04. The van der Waals surface area contributed by atoms with Gasteiger partial charge in [0.05, 0.1) is 45.3 Å².